The van der Waals surface area contributed by atoms with Gasteiger partial charge in [0.05, 0.1) is 0 Å². The summed E-state index contributed by atoms with van der Waals surface area (Å²) in [4.78, 5) is 7.07. The second kappa shape index (κ2) is 10.6. The van der Waals surface area contributed by atoms with E-state index in [0.717, 1.165) is 75.4 Å². The SMILES string of the molecule is CN=C(NCC1(c2ccccc2Cl)CCOCC1)NC1CCN(CC(C)C)CC1. The highest BCUT2D eigenvalue weighted by Gasteiger charge is 2.36. The minimum atomic E-state index is -0.0190. The molecule has 1 aromatic carbocycles. The summed E-state index contributed by atoms with van der Waals surface area (Å²) in [5.41, 5.74) is 1.20. The monoisotopic (exact) mass is 420 g/mol. The number of nitrogens with zero attached hydrogens (tertiary/aromatic N) is 2. The Morgan fingerprint density at radius 3 is 2.55 bits per heavy atom. The lowest BCUT2D eigenvalue weighted by atomic mass is 9.74. The van der Waals surface area contributed by atoms with Crippen LogP contribution in [-0.4, -0.2) is 63.3 Å². The quantitative estimate of drug-likeness (QED) is 0.544. The largest absolute Gasteiger partial charge is 0.381 e. The van der Waals surface area contributed by atoms with Crippen LogP contribution in [0.5, 0.6) is 0 Å². The minimum Gasteiger partial charge on any atom is -0.381 e. The summed E-state index contributed by atoms with van der Waals surface area (Å²) in [7, 11) is 1.86. The molecule has 6 heteroatoms. The first-order valence-corrected chi connectivity index (χ1v) is 11.4. The number of nitrogens with one attached hydrogen (secondary N) is 2. The van der Waals surface area contributed by atoms with Crippen molar-refractivity contribution in [3.05, 3.63) is 34.9 Å². The molecule has 5 nitrogen and oxygen atoms in total. The van der Waals surface area contributed by atoms with Gasteiger partial charge in [-0.3, -0.25) is 4.99 Å². The number of guanidine groups is 1. The van der Waals surface area contributed by atoms with Gasteiger partial charge in [-0.2, -0.15) is 0 Å². The predicted molar refractivity (Wildman–Crippen MR) is 122 cm³/mol. The lowest BCUT2D eigenvalue weighted by Crippen LogP contribution is -2.52. The van der Waals surface area contributed by atoms with Crippen molar-refractivity contribution < 1.29 is 4.74 Å². The first-order chi connectivity index (χ1) is 14.0. The molecular weight excluding hydrogens is 384 g/mol. The molecular formula is C23H37ClN4O. The molecule has 0 aliphatic carbocycles. The van der Waals surface area contributed by atoms with E-state index in [1.165, 1.54) is 12.1 Å². The van der Waals surface area contributed by atoms with Crippen molar-refractivity contribution >= 4 is 17.6 Å². The lowest BCUT2D eigenvalue weighted by molar-refractivity contribution is 0.0514. The number of halogens is 1. The van der Waals surface area contributed by atoms with Crippen molar-refractivity contribution in [1.29, 1.82) is 0 Å². The van der Waals surface area contributed by atoms with Gasteiger partial charge in [0, 0.05) is 62.9 Å². The number of hydrogen-bond donors (Lipinski definition) is 2. The Labute approximate surface area is 181 Å². The molecule has 0 bridgehead atoms. The maximum atomic E-state index is 6.58. The zero-order chi connectivity index (χ0) is 20.7. The maximum absolute atomic E-state index is 6.58. The Hall–Kier alpha value is -1.30. The fraction of sp³-hybridized carbons (Fsp3) is 0.696. The van der Waals surface area contributed by atoms with Crippen LogP contribution in [0.2, 0.25) is 5.02 Å². The van der Waals surface area contributed by atoms with Crippen molar-refractivity contribution in [3.63, 3.8) is 0 Å². The molecule has 2 aliphatic rings. The van der Waals surface area contributed by atoms with Crippen molar-refractivity contribution in [2.45, 2.75) is 51.0 Å². The molecule has 2 heterocycles. The molecule has 0 unspecified atom stereocenters. The molecule has 0 amide bonds. The summed E-state index contributed by atoms with van der Waals surface area (Å²) in [5, 5.41) is 8.10. The Balaban J connectivity index is 1.58. The molecule has 2 fully saturated rings. The van der Waals surface area contributed by atoms with Crippen molar-refractivity contribution in [1.82, 2.24) is 15.5 Å². The summed E-state index contributed by atoms with van der Waals surface area (Å²) >= 11 is 6.58. The maximum Gasteiger partial charge on any atom is 0.191 e. The third-order valence-corrected chi connectivity index (χ3v) is 6.59. The number of likely N-dealkylation sites (tertiary alicyclic amines) is 1. The molecule has 2 aliphatic heterocycles. The van der Waals surface area contributed by atoms with Crippen LogP contribution in [0.3, 0.4) is 0 Å². The smallest absolute Gasteiger partial charge is 0.191 e. The number of piperidine rings is 1. The molecule has 2 N–H and O–H groups in total. The van der Waals surface area contributed by atoms with Gasteiger partial charge >= 0.3 is 0 Å². The average molecular weight is 421 g/mol. The highest BCUT2D eigenvalue weighted by Crippen LogP contribution is 2.38. The van der Waals surface area contributed by atoms with Crippen molar-refractivity contribution in [2.24, 2.45) is 10.9 Å². The second-order valence-corrected chi connectivity index (χ2v) is 9.32. The highest BCUT2D eigenvalue weighted by molar-refractivity contribution is 6.31. The van der Waals surface area contributed by atoms with Gasteiger partial charge in [-0.1, -0.05) is 43.6 Å². The van der Waals surface area contributed by atoms with Crippen LogP contribution in [0.1, 0.15) is 45.1 Å². The van der Waals surface area contributed by atoms with Crippen LogP contribution >= 0.6 is 11.6 Å². The van der Waals surface area contributed by atoms with Crippen LogP contribution < -0.4 is 10.6 Å². The normalized spacial score (nSPS) is 21.3. The number of ether oxygens (including phenoxy) is 1. The van der Waals surface area contributed by atoms with Gasteiger partial charge in [-0.25, -0.2) is 0 Å². The van der Waals surface area contributed by atoms with Crippen molar-refractivity contribution in [3.8, 4) is 0 Å². The Bertz CT molecular complexity index is 665. The van der Waals surface area contributed by atoms with Gasteiger partial charge in [0.15, 0.2) is 5.96 Å². The molecule has 0 spiro atoms. The summed E-state index contributed by atoms with van der Waals surface area (Å²) in [6, 6.07) is 8.72. The molecule has 3 rings (SSSR count). The summed E-state index contributed by atoms with van der Waals surface area (Å²) in [6.07, 6.45) is 4.26. The first kappa shape index (κ1) is 22.4. The van der Waals surface area contributed by atoms with Gasteiger partial charge < -0.3 is 20.3 Å². The molecule has 29 heavy (non-hydrogen) atoms. The van der Waals surface area contributed by atoms with Crippen LogP contribution in [0.4, 0.5) is 0 Å². The summed E-state index contributed by atoms with van der Waals surface area (Å²) in [5.74, 6) is 1.62. The van der Waals surface area contributed by atoms with E-state index in [-0.39, 0.29) is 5.41 Å². The molecule has 0 radical (unpaired) electrons. The Morgan fingerprint density at radius 1 is 1.24 bits per heavy atom. The first-order valence-electron chi connectivity index (χ1n) is 11.0. The summed E-state index contributed by atoms with van der Waals surface area (Å²) < 4.78 is 5.66. The molecule has 0 aromatic heterocycles. The lowest BCUT2D eigenvalue weighted by Gasteiger charge is -2.39. The topological polar surface area (TPSA) is 48.9 Å². The van der Waals surface area contributed by atoms with Gasteiger partial charge in [0.1, 0.15) is 0 Å². The highest BCUT2D eigenvalue weighted by atomic mass is 35.5. The Kier molecular flexibility index (Phi) is 8.22. The van der Waals surface area contributed by atoms with Gasteiger partial charge in [-0.05, 0) is 43.2 Å². The standard InChI is InChI=1S/C23H37ClN4O/c1-18(2)16-28-12-8-19(9-13-28)27-22(25-3)26-17-23(10-14-29-15-11-23)20-6-4-5-7-21(20)24/h4-7,18-19H,8-17H2,1-3H3,(H2,25,26,27). The number of aliphatic imine (C=N–C) groups is 1. The van der Waals surface area contributed by atoms with E-state index in [2.05, 4.69) is 46.5 Å². The van der Waals surface area contributed by atoms with E-state index in [1.54, 1.807) is 0 Å². The molecule has 0 atom stereocenters. The average Bonchev–Trinajstić information content (AvgIpc) is 2.73. The third kappa shape index (κ3) is 6.09. The van der Waals surface area contributed by atoms with E-state index < -0.39 is 0 Å². The zero-order valence-electron chi connectivity index (χ0n) is 18.2. The van der Waals surface area contributed by atoms with Crippen molar-refractivity contribution in [2.75, 3.05) is 46.4 Å². The fourth-order valence-electron chi connectivity index (χ4n) is 4.61. The second-order valence-electron chi connectivity index (χ2n) is 8.91. The number of rotatable bonds is 6. The van der Waals surface area contributed by atoms with Gasteiger partial charge in [0.2, 0.25) is 0 Å². The number of benzene rings is 1. The van der Waals surface area contributed by atoms with E-state index in [4.69, 9.17) is 16.3 Å². The fourth-order valence-corrected chi connectivity index (χ4v) is 4.95. The minimum absolute atomic E-state index is 0.0190. The van der Waals surface area contributed by atoms with E-state index in [1.807, 2.05) is 19.2 Å². The third-order valence-electron chi connectivity index (χ3n) is 6.26. The molecule has 162 valence electrons. The van der Waals surface area contributed by atoms with E-state index in [0.29, 0.717) is 6.04 Å². The molecule has 2 saturated heterocycles. The van der Waals surface area contributed by atoms with E-state index in [9.17, 15) is 0 Å². The zero-order valence-corrected chi connectivity index (χ0v) is 19.0. The van der Waals surface area contributed by atoms with Gasteiger partial charge in [0.25, 0.3) is 0 Å². The van der Waals surface area contributed by atoms with Gasteiger partial charge in [-0.15, -0.1) is 0 Å². The molecule has 1 aromatic rings. The van der Waals surface area contributed by atoms with Crippen LogP contribution in [-0.2, 0) is 10.2 Å². The summed E-state index contributed by atoms with van der Waals surface area (Å²) in [6.45, 7) is 10.5. The Morgan fingerprint density at radius 2 is 1.93 bits per heavy atom. The predicted octanol–water partition coefficient (Wildman–Crippen LogP) is 3.67. The van der Waals surface area contributed by atoms with Crippen LogP contribution in [0, 0.1) is 5.92 Å². The van der Waals surface area contributed by atoms with Crippen LogP contribution in [0.25, 0.3) is 0 Å². The van der Waals surface area contributed by atoms with E-state index >= 15 is 0 Å². The number of hydrogen-bond acceptors (Lipinski definition) is 3. The molecule has 0 saturated carbocycles. The van der Waals surface area contributed by atoms with Crippen LogP contribution in [0.15, 0.2) is 29.3 Å².